The van der Waals surface area contributed by atoms with Crippen LogP contribution in [0.1, 0.15) is 43.7 Å². The van der Waals surface area contributed by atoms with Crippen LogP contribution in [0.25, 0.3) is 0 Å². The van der Waals surface area contributed by atoms with E-state index in [1.165, 1.54) is 38.2 Å². The predicted molar refractivity (Wildman–Crippen MR) is 92.4 cm³/mol. The van der Waals surface area contributed by atoms with Crippen LogP contribution in [0.2, 0.25) is 5.02 Å². The fourth-order valence-electron chi connectivity index (χ4n) is 3.90. The Morgan fingerprint density at radius 1 is 1.14 bits per heavy atom. The van der Waals surface area contributed by atoms with Gasteiger partial charge >= 0.3 is 0 Å². The highest BCUT2D eigenvalue weighted by Crippen LogP contribution is 2.39. The first-order chi connectivity index (χ1) is 10.3. The van der Waals surface area contributed by atoms with Gasteiger partial charge in [0.05, 0.1) is 0 Å². The van der Waals surface area contributed by atoms with Gasteiger partial charge in [0.1, 0.15) is 5.82 Å². The Bertz CT molecular complexity index is 454. The summed E-state index contributed by atoms with van der Waals surface area (Å²) in [5.41, 5.74) is 0.841. The van der Waals surface area contributed by atoms with Crippen LogP contribution in [0, 0.1) is 11.7 Å². The average molecular weight is 347 g/mol. The first kappa shape index (κ1) is 18.0. The molecular weight excluding hydrogens is 322 g/mol. The highest BCUT2D eigenvalue weighted by molar-refractivity contribution is 6.30. The van der Waals surface area contributed by atoms with Gasteiger partial charge in [-0.1, -0.05) is 36.9 Å². The minimum atomic E-state index is -0.142. The van der Waals surface area contributed by atoms with Crippen molar-refractivity contribution >= 4 is 24.0 Å². The number of hydrogen-bond acceptors (Lipinski definition) is 2. The first-order valence-electron chi connectivity index (χ1n) is 8.15. The monoisotopic (exact) mass is 346 g/mol. The smallest absolute Gasteiger partial charge is 0.129 e. The van der Waals surface area contributed by atoms with E-state index in [0.717, 1.165) is 31.7 Å². The second kappa shape index (κ2) is 8.49. The average Bonchev–Trinajstić information content (AvgIpc) is 2.52. The van der Waals surface area contributed by atoms with Gasteiger partial charge in [-0.3, -0.25) is 4.90 Å². The fraction of sp³-hybridized carbons (Fsp3) is 0.647. The summed E-state index contributed by atoms with van der Waals surface area (Å²) < 4.78 is 14.5. The number of nitrogens with one attached hydrogen (secondary N) is 1. The first-order valence-corrected chi connectivity index (χ1v) is 8.53. The maximum atomic E-state index is 14.5. The van der Waals surface area contributed by atoms with Gasteiger partial charge in [-0.15, -0.1) is 12.4 Å². The molecule has 1 aromatic rings. The standard InChI is InChI=1S/C17H24ClFN2.ClH/c18-14-6-7-15(16(19)12-14)17(13-4-2-1-3-5-13)21-10-8-20-9-11-21;/h6-7,12-13,17,20H,1-5,8-11H2;1H/t17-;/m1./s1. The molecule has 5 heteroatoms. The van der Waals surface area contributed by atoms with Gasteiger partial charge in [-0.05, 0) is 30.9 Å². The number of halogens is 3. The summed E-state index contributed by atoms with van der Waals surface area (Å²) in [5, 5.41) is 3.88. The quantitative estimate of drug-likeness (QED) is 0.870. The van der Waals surface area contributed by atoms with Crippen molar-refractivity contribution in [3.05, 3.63) is 34.6 Å². The lowest BCUT2D eigenvalue weighted by Crippen LogP contribution is -2.47. The second-order valence-corrected chi connectivity index (χ2v) is 6.73. The molecule has 1 heterocycles. The van der Waals surface area contributed by atoms with Crippen LogP contribution in [-0.2, 0) is 0 Å². The minimum Gasteiger partial charge on any atom is -0.314 e. The topological polar surface area (TPSA) is 15.3 Å². The molecule has 1 aliphatic carbocycles. The van der Waals surface area contributed by atoms with Crippen LogP contribution in [0.5, 0.6) is 0 Å². The zero-order valence-corrected chi connectivity index (χ0v) is 14.4. The van der Waals surface area contributed by atoms with Gasteiger partial charge in [-0.25, -0.2) is 4.39 Å². The van der Waals surface area contributed by atoms with E-state index in [0.29, 0.717) is 10.9 Å². The van der Waals surface area contributed by atoms with E-state index in [-0.39, 0.29) is 24.3 Å². The fourth-order valence-corrected chi connectivity index (χ4v) is 4.06. The third kappa shape index (κ3) is 4.14. The van der Waals surface area contributed by atoms with Crippen LogP contribution in [0.3, 0.4) is 0 Å². The van der Waals surface area contributed by atoms with Gasteiger partial charge in [0, 0.05) is 42.8 Å². The van der Waals surface area contributed by atoms with E-state index in [9.17, 15) is 4.39 Å². The van der Waals surface area contributed by atoms with Crippen molar-refractivity contribution in [2.75, 3.05) is 26.2 Å². The summed E-state index contributed by atoms with van der Waals surface area (Å²) in [6.45, 7) is 4.00. The number of rotatable bonds is 3. The van der Waals surface area contributed by atoms with Gasteiger partial charge in [-0.2, -0.15) is 0 Å². The Hall–Kier alpha value is -0.350. The van der Waals surface area contributed by atoms with Gasteiger partial charge in [0.25, 0.3) is 0 Å². The molecule has 0 unspecified atom stereocenters. The molecule has 0 aromatic heterocycles. The summed E-state index contributed by atoms with van der Waals surface area (Å²) in [4.78, 5) is 2.47. The highest BCUT2D eigenvalue weighted by Gasteiger charge is 2.32. The molecule has 0 spiro atoms. The van der Waals surface area contributed by atoms with Gasteiger partial charge in [0.15, 0.2) is 0 Å². The molecule has 1 atom stereocenters. The molecule has 124 valence electrons. The van der Waals surface area contributed by atoms with E-state index >= 15 is 0 Å². The largest absolute Gasteiger partial charge is 0.314 e. The molecule has 1 N–H and O–H groups in total. The van der Waals surface area contributed by atoms with Gasteiger partial charge in [0.2, 0.25) is 0 Å². The van der Waals surface area contributed by atoms with Gasteiger partial charge < -0.3 is 5.32 Å². The van der Waals surface area contributed by atoms with Crippen molar-refractivity contribution in [1.29, 1.82) is 0 Å². The Morgan fingerprint density at radius 3 is 2.45 bits per heavy atom. The highest BCUT2D eigenvalue weighted by atomic mass is 35.5. The zero-order valence-electron chi connectivity index (χ0n) is 12.9. The summed E-state index contributed by atoms with van der Waals surface area (Å²) in [6, 6.07) is 5.41. The second-order valence-electron chi connectivity index (χ2n) is 6.29. The third-order valence-corrected chi connectivity index (χ3v) is 5.16. The summed E-state index contributed by atoms with van der Waals surface area (Å²) in [6.07, 6.45) is 6.33. The van der Waals surface area contributed by atoms with Crippen LogP contribution in [0.15, 0.2) is 18.2 Å². The minimum absolute atomic E-state index is 0. The molecule has 1 saturated carbocycles. The molecule has 1 saturated heterocycles. The molecule has 1 aromatic carbocycles. The number of piperazine rings is 1. The van der Waals surface area contributed by atoms with Crippen LogP contribution < -0.4 is 5.32 Å². The Morgan fingerprint density at radius 2 is 1.82 bits per heavy atom. The van der Waals surface area contributed by atoms with E-state index in [1.807, 2.05) is 12.1 Å². The molecule has 2 aliphatic rings. The molecule has 2 nitrogen and oxygen atoms in total. The van der Waals surface area contributed by atoms with E-state index in [4.69, 9.17) is 11.6 Å². The van der Waals surface area contributed by atoms with Crippen molar-refractivity contribution in [2.45, 2.75) is 38.1 Å². The maximum absolute atomic E-state index is 14.5. The molecule has 2 fully saturated rings. The number of nitrogens with zero attached hydrogens (tertiary/aromatic N) is 1. The van der Waals surface area contributed by atoms with Crippen molar-refractivity contribution in [1.82, 2.24) is 10.2 Å². The van der Waals surface area contributed by atoms with Crippen molar-refractivity contribution in [3.63, 3.8) is 0 Å². The molecule has 0 amide bonds. The molecule has 0 radical (unpaired) electrons. The SMILES string of the molecule is Cl.Fc1cc(Cl)ccc1[C@@H](C1CCCCC1)N1CCNCC1. The maximum Gasteiger partial charge on any atom is 0.129 e. The van der Waals surface area contributed by atoms with Crippen molar-refractivity contribution < 1.29 is 4.39 Å². The normalized spacial score (nSPS) is 22.1. The summed E-state index contributed by atoms with van der Waals surface area (Å²) in [5.74, 6) is 0.434. The Labute approximate surface area is 143 Å². The Balaban J connectivity index is 0.00000176. The molecule has 3 rings (SSSR count). The zero-order chi connectivity index (χ0) is 14.7. The van der Waals surface area contributed by atoms with E-state index < -0.39 is 0 Å². The van der Waals surface area contributed by atoms with E-state index in [2.05, 4.69) is 10.2 Å². The molecule has 1 aliphatic heterocycles. The third-order valence-electron chi connectivity index (χ3n) is 4.92. The lowest BCUT2D eigenvalue weighted by Gasteiger charge is -2.41. The van der Waals surface area contributed by atoms with Crippen molar-refractivity contribution in [3.8, 4) is 0 Å². The Kier molecular flexibility index (Phi) is 6.94. The number of benzene rings is 1. The molecular formula is C17H25Cl2FN2. The lowest BCUT2D eigenvalue weighted by atomic mass is 9.80. The van der Waals surface area contributed by atoms with Crippen LogP contribution in [0.4, 0.5) is 4.39 Å². The molecule has 22 heavy (non-hydrogen) atoms. The summed E-state index contributed by atoms with van der Waals surface area (Å²) >= 11 is 5.93. The number of hydrogen-bond donors (Lipinski definition) is 1. The van der Waals surface area contributed by atoms with Crippen LogP contribution >= 0.6 is 24.0 Å². The summed E-state index contributed by atoms with van der Waals surface area (Å²) in [7, 11) is 0. The molecule has 0 bridgehead atoms. The van der Waals surface area contributed by atoms with E-state index in [1.54, 1.807) is 0 Å². The van der Waals surface area contributed by atoms with Crippen molar-refractivity contribution in [2.24, 2.45) is 5.92 Å². The van der Waals surface area contributed by atoms with Crippen LogP contribution in [-0.4, -0.2) is 31.1 Å². The lowest BCUT2D eigenvalue weighted by molar-refractivity contribution is 0.101. The predicted octanol–water partition coefficient (Wildman–Crippen LogP) is 4.43.